The van der Waals surface area contributed by atoms with Crippen LogP contribution in [-0.4, -0.2) is 11.9 Å². The summed E-state index contributed by atoms with van der Waals surface area (Å²) in [5, 5.41) is 3.01. The zero-order chi connectivity index (χ0) is 15.2. The van der Waals surface area contributed by atoms with Crippen molar-refractivity contribution in [2.45, 2.75) is 26.3 Å². The van der Waals surface area contributed by atoms with Crippen molar-refractivity contribution in [2.24, 2.45) is 5.84 Å². The van der Waals surface area contributed by atoms with Crippen LogP contribution in [0.2, 0.25) is 0 Å². The number of aryl methyl sites for hydroxylation is 1. The van der Waals surface area contributed by atoms with Gasteiger partial charge in [0.25, 0.3) is 5.91 Å². The summed E-state index contributed by atoms with van der Waals surface area (Å²) in [7, 11) is 0. The lowest BCUT2D eigenvalue weighted by Gasteiger charge is -2.16. The molecule has 0 aliphatic heterocycles. The number of amides is 1. The van der Waals surface area contributed by atoms with Gasteiger partial charge in [-0.15, -0.1) is 0 Å². The van der Waals surface area contributed by atoms with E-state index in [4.69, 9.17) is 5.84 Å². The van der Waals surface area contributed by atoms with Gasteiger partial charge in [0.05, 0.1) is 11.3 Å². The van der Waals surface area contributed by atoms with Crippen LogP contribution in [0.15, 0.2) is 48.5 Å². The minimum absolute atomic E-state index is 0.0473. The number of hydrazine groups is 1. The lowest BCUT2D eigenvalue weighted by Crippen LogP contribution is -2.34. The topological polar surface area (TPSA) is 67.1 Å². The highest BCUT2D eigenvalue weighted by Crippen LogP contribution is 2.16. The van der Waals surface area contributed by atoms with E-state index < -0.39 is 0 Å². The van der Waals surface area contributed by atoms with Crippen LogP contribution in [0.3, 0.4) is 0 Å². The van der Waals surface area contributed by atoms with Crippen molar-refractivity contribution in [1.82, 2.24) is 5.32 Å². The van der Waals surface area contributed by atoms with E-state index in [1.54, 1.807) is 0 Å². The number of benzene rings is 2. The molecular formula is C17H21N3O. The van der Waals surface area contributed by atoms with Crippen molar-refractivity contribution < 1.29 is 4.79 Å². The zero-order valence-electron chi connectivity index (χ0n) is 12.4. The van der Waals surface area contributed by atoms with Gasteiger partial charge in [0.2, 0.25) is 0 Å². The molecule has 0 heterocycles. The summed E-state index contributed by atoms with van der Waals surface area (Å²) < 4.78 is 0. The lowest BCUT2D eigenvalue weighted by molar-refractivity contribution is 0.0941. The largest absolute Gasteiger partial charge is 0.349 e. The number of hydrogen-bond acceptors (Lipinski definition) is 3. The van der Waals surface area contributed by atoms with E-state index in [2.05, 4.69) is 22.9 Å². The average molecular weight is 283 g/mol. The van der Waals surface area contributed by atoms with E-state index in [-0.39, 0.29) is 11.9 Å². The minimum atomic E-state index is -0.116. The van der Waals surface area contributed by atoms with Gasteiger partial charge >= 0.3 is 0 Å². The monoisotopic (exact) mass is 283 g/mol. The summed E-state index contributed by atoms with van der Waals surface area (Å²) in [6.07, 6.45) is 0.795. The maximum Gasteiger partial charge on any atom is 0.253 e. The number of carbonyl (C=O) groups excluding carboxylic acids is 1. The second-order valence-corrected chi connectivity index (χ2v) is 5.26. The molecule has 0 radical (unpaired) electrons. The summed E-state index contributed by atoms with van der Waals surface area (Å²) >= 11 is 0. The fourth-order valence-corrected chi connectivity index (χ4v) is 2.29. The molecule has 2 rings (SSSR count). The van der Waals surface area contributed by atoms with Gasteiger partial charge in [-0.05, 0) is 38.0 Å². The first-order chi connectivity index (χ1) is 10.1. The van der Waals surface area contributed by atoms with E-state index in [0.717, 1.165) is 12.0 Å². The van der Waals surface area contributed by atoms with E-state index in [9.17, 15) is 4.79 Å². The van der Waals surface area contributed by atoms with E-state index in [1.807, 2.05) is 50.2 Å². The zero-order valence-corrected chi connectivity index (χ0v) is 12.4. The second-order valence-electron chi connectivity index (χ2n) is 5.26. The normalized spacial score (nSPS) is 11.8. The first kappa shape index (κ1) is 15.1. The number of carbonyl (C=O) groups is 1. The molecule has 2 aromatic rings. The first-order valence-corrected chi connectivity index (χ1v) is 7.02. The molecule has 110 valence electrons. The third-order valence-electron chi connectivity index (χ3n) is 3.34. The van der Waals surface area contributed by atoms with E-state index >= 15 is 0 Å². The van der Waals surface area contributed by atoms with Gasteiger partial charge in [-0.25, -0.2) is 0 Å². The molecule has 0 saturated carbocycles. The lowest BCUT2D eigenvalue weighted by atomic mass is 10.1. The number of nitrogens with one attached hydrogen (secondary N) is 2. The van der Waals surface area contributed by atoms with Crippen LogP contribution in [-0.2, 0) is 6.42 Å². The van der Waals surface area contributed by atoms with Gasteiger partial charge in [0.1, 0.15) is 0 Å². The minimum Gasteiger partial charge on any atom is -0.349 e. The molecule has 0 aliphatic carbocycles. The molecule has 1 unspecified atom stereocenters. The van der Waals surface area contributed by atoms with Crippen molar-refractivity contribution >= 4 is 11.6 Å². The van der Waals surface area contributed by atoms with Gasteiger partial charge in [-0.1, -0.05) is 42.0 Å². The fraction of sp³-hybridized carbons (Fsp3) is 0.235. The SMILES string of the molecule is Cc1ccc(NN)c(C(=O)NC(C)Cc2ccccc2)c1. The molecule has 4 N–H and O–H groups in total. The molecule has 0 aliphatic rings. The number of rotatable bonds is 5. The number of hydrogen-bond donors (Lipinski definition) is 3. The summed E-state index contributed by atoms with van der Waals surface area (Å²) in [6.45, 7) is 3.95. The van der Waals surface area contributed by atoms with Crippen molar-refractivity contribution in [3.63, 3.8) is 0 Å². The molecule has 0 aromatic heterocycles. The summed E-state index contributed by atoms with van der Waals surface area (Å²) in [6, 6.07) is 15.7. The summed E-state index contributed by atoms with van der Waals surface area (Å²) in [4.78, 5) is 12.4. The Hall–Kier alpha value is -2.33. The number of nitrogens with two attached hydrogens (primary N) is 1. The standard InChI is InChI=1S/C17H21N3O/c1-12-8-9-16(20-18)15(10-12)17(21)19-13(2)11-14-6-4-3-5-7-14/h3-10,13,20H,11,18H2,1-2H3,(H,19,21). The third kappa shape index (κ3) is 4.07. The molecule has 0 spiro atoms. The van der Waals surface area contributed by atoms with Crippen molar-refractivity contribution in [1.29, 1.82) is 0 Å². The van der Waals surface area contributed by atoms with Gasteiger partial charge in [-0.3, -0.25) is 10.6 Å². The van der Waals surface area contributed by atoms with Crippen LogP contribution in [0.4, 0.5) is 5.69 Å². The number of nitrogen functional groups attached to an aromatic ring is 1. The van der Waals surface area contributed by atoms with Crippen LogP contribution in [0.5, 0.6) is 0 Å². The van der Waals surface area contributed by atoms with E-state index in [1.165, 1.54) is 5.56 Å². The Labute approximate surface area is 125 Å². The molecular weight excluding hydrogens is 262 g/mol. The van der Waals surface area contributed by atoms with Crippen LogP contribution in [0.1, 0.15) is 28.4 Å². The van der Waals surface area contributed by atoms with Gasteiger partial charge < -0.3 is 10.7 Å². The molecule has 4 heteroatoms. The Morgan fingerprint density at radius 3 is 2.57 bits per heavy atom. The third-order valence-corrected chi connectivity index (χ3v) is 3.34. The van der Waals surface area contributed by atoms with Gasteiger partial charge in [0.15, 0.2) is 0 Å². The Balaban J connectivity index is 2.06. The summed E-state index contributed by atoms with van der Waals surface area (Å²) in [5.74, 6) is 5.35. The molecule has 0 fully saturated rings. The Morgan fingerprint density at radius 2 is 1.90 bits per heavy atom. The Kier molecular flexibility index (Phi) is 4.95. The molecule has 0 saturated heterocycles. The van der Waals surface area contributed by atoms with Gasteiger partial charge in [0, 0.05) is 6.04 Å². The molecule has 21 heavy (non-hydrogen) atoms. The first-order valence-electron chi connectivity index (χ1n) is 7.02. The van der Waals surface area contributed by atoms with Crippen molar-refractivity contribution in [2.75, 3.05) is 5.43 Å². The highest BCUT2D eigenvalue weighted by Gasteiger charge is 2.14. The molecule has 1 amide bonds. The predicted octanol–water partition coefficient (Wildman–Crippen LogP) is 2.64. The fourth-order valence-electron chi connectivity index (χ4n) is 2.29. The maximum absolute atomic E-state index is 12.4. The van der Waals surface area contributed by atoms with Crippen LogP contribution < -0.4 is 16.6 Å². The van der Waals surface area contributed by atoms with Crippen molar-refractivity contribution in [3.05, 3.63) is 65.2 Å². The highest BCUT2D eigenvalue weighted by molar-refractivity contribution is 5.99. The molecule has 4 nitrogen and oxygen atoms in total. The van der Waals surface area contributed by atoms with E-state index in [0.29, 0.717) is 11.3 Å². The number of anilines is 1. The van der Waals surface area contributed by atoms with Crippen LogP contribution in [0, 0.1) is 6.92 Å². The summed E-state index contributed by atoms with van der Waals surface area (Å²) in [5.41, 5.74) is 5.99. The Morgan fingerprint density at radius 1 is 1.19 bits per heavy atom. The maximum atomic E-state index is 12.4. The Bertz CT molecular complexity index is 611. The molecule has 2 aromatic carbocycles. The van der Waals surface area contributed by atoms with Crippen LogP contribution >= 0.6 is 0 Å². The average Bonchev–Trinajstić information content (AvgIpc) is 2.48. The molecule has 1 atom stereocenters. The highest BCUT2D eigenvalue weighted by atomic mass is 16.1. The van der Waals surface area contributed by atoms with Crippen molar-refractivity contribution in [3.8, 4) is 0 Å². The predicted molar refractivity (Wildman–Crippen MR) is 86.1 cm³/mol. The van der Waals surface area contributed by atoms with Gasteiger partial charge in [-0.2, -0.15) is 0 Å². The second kappa shape index (κ2) is 6.90. The van der Waals surface area contributed by atoms with Crippen LogP contribution in [0.25, 0.3) is 0 Å². The smallest absolute Gasteiger partial charge is 0.253 e. The molecule has 0 bridgehead atoms. The quantitative estimate of drug-likeness (QED) is 0.584.